The second kappa shape index (κ2) is 7.11. The summed E-state index contributed by atoms with van der Waals surface area (Å²) in [6.45, 7) is 6.72. The Hall–Kier alpha value is -1.30. The summed E-state index contributed by atoms with van der Waals surface area (Å²) >= 11 is 0. The maximum atomic E-state index is 6.40. The molecule has 1 saturated heterocycles. The van der Waals surface area contributed by atoms with Gasteiger partial charge in [-0.15, -0.1) is 0 Å². The van der Waals surface area contributed by atoms with Crippen LogP contribution in [-0.4, -0.2) is 51.0 Å². The summed E-state index contributed by atoms with van der Waals surface area (Å²) in [6.07, 6.45) is 0.256. The van der Waals surface area contributed by atoms with Gasteiger partial charge in [0.1, 0.15) is 11.5 Å². The average Bonchev–Trinajstić information content (AvgIpc) is 2.50. The molecule has 0 saturated carbocycles. The molecule has 1 aliphatic heterocycles. The average molecular weight is 294 g/mol. The molecular weight excluding hydrogens is 268 g/mol. The SMILES string of the molecule is COc1ccc(C(N)CN2CC(C)OCC2C)c(OC)c1. The Morgan fingerprint density at radius 1 is 1.33 bits per heavy atom. The fourth-order valence-corrected chi connectivity index (χ4v) is 2.70. The predicted octanol–water partition coefficient (Wildman–Crippen LogP) is 1.81. The van der Waals surface area contributed by atoms with Gasteiger partial charge in [0.2, 0.25) is 0 Å². The van der Waals surface area contributed by atoms with Crippen LogP contribution in [0.2, 0.25) is 0 Å². The topological polar surface area (TPSA) is 57.0 Å². The molecule has 0 aliphatic carbocycles. The largest absolute Gasteiger partial charge is 0.497 e. The molecule has 21 heavy (non-hydrogen) atoms. The lowest BCUT2D eigenvalue weighted by Crippen LogP contribution is -2.49. The monoisotopic (exact) mass is 294 g/mol. The normalized spacial score (nSPS) is 24.6. The highest BCUT2D eigenvalue weighted by atomic mass is 16.5. The second-order valence-electron chi connectivity index (χ2n) is 5.66. The first kappa shape index (κ1) is 16.1. The molecule has 0 amide bonds. The number of rotatable bonds is 5. The van der Waals surface area contributed by atoms with Crippen LogP contribution in [0.3, 0.4) is 0 Å². The molecule has 1 aliphatic rings. The fraction of sp³-hybridized carbons (Fsp3) is 0.625. The minimum atomic E-state index is -0.0985. The number of hydrogen-bond donors (Lipinski definition) is 1. The Balaban J connectivity index is 2.10. The van der Waals surface area contributed by atoms with Crippen LogP contribution >= 0.6 is 0 Å². The van der Waals surface area contributed by atoms with Crippen molar-refractivity contribution in [3.05, 3.63) is 23.8 Å². The Kier molecular flexibility index (Phi) is 5.45. The Morgan fingerprint density at radius 3 is 2.76 bits per heavy atom. The fourth-order valence-electron chi connectivity index (χ4n) is 2.70. The van der Waals surface area contributed by atoms with Gasteiger partial charge in [0.15, 0.2) is 0 Å². The highest BCUT2D eigenvalue weighted by Gasteiger charge is 2.26. The molecule has 3 atom stereocenters. The lowest BCUT2D eigenvalue weighted by Gasteiger charge is -2.38. The summed E-state index contributed by atoms with van der Waals surface area (Å²) in [5.74, 6) is 1.55. The molecule has 3 unspecified atom stereocenters. The van der Waals surface area contributed by atoms with Gasteiger partial charge in [-0.25, -0.2) is 0 Å². The third-order valence-corrected chi connectivity index (χ3v) is 4.01. The van der Waals surface area contributed by atoms with Crippen LogP contribution in [-0.2, 0) is 4.74 Å². The number of morpholine rings is 1. The molecule has 1 aromatic rings. The second-order valence-corrected chi connectivity index (χ2v) is 5.66. The number of hydrogen-bond acceptors (Lipinski definition) is 5. The molecule has 2 N–H and O–H groups in total. The summed E-state index contributed by atoms with van der Waals surface area (Å²) in [5.41, 5.74) is 7.40. The van der Waals surface area contributed by atoms with Crippen molar-refractivity contribution in [3.8, 4) is 11.5 Å². The minimum absolute atomic E-state index is 0.0985. The Morgan fingerprint density at radius 2 is 2.10 bits per heavy atom. The van der Waals surface area contributed by atoms with Crippen molar-refractivity contribution >= 4 is 0 Å². The third kappa shape index (κ3) is 3.87. The van der Waals surface area contributed by atoms with Gasteiger partial charge in [-0.2, -0.15) is 0 Å². The molecule has 5 heteroatoms. The van der Waals surface area contributed by atoms with Crippen molar-refractivity contribution in [2.24, 2.45) is 5.73 Å². The molecule has 1 fully saturated rings. The van der Waals surface area contributed by atoms with Gasteiger partial charge in [-0.1, -0.05) is 6.07 Å². The lowest BCUT2D eigenvalue weighted by atomic mass is 10.0. The van der Waals surface area contributed by atoms with Crippen LogP contribution in [0.25, 0.3) is 0 Å². The van der Waals surface area contributed by atoms with E-state index >= 15 is 0 Å². The van der Waals surface area contributed by atoms with E-state index in [4.69, 9.17) is 19.9 Å². The van der Waals surface area contributed by atoms with Crippen LogP contribution in [0, 0.1) is 0 Å². The molecular formula is C16H26N2O3. The number of nitrogens with two attached hydrogens (primary N) is 1. The summed E-state index contributed by atoms with van der Waals surface area (Å²) in [4.78, 5) is 2.38. The maximum absolute atomic E-state index is 6.40. The van der Waals surface area contributed by atoms with Crippen LogP contribution in [0.15, 0.2) is 18.2 Å². The number of methoxy groups -OCH3 is 2. The molecule has 5 nitrogen and oxygen atoms in total. The molecule has 0 spiro atoms. The zero-order valence-electron chi connectivity index (χ0n) is 13.3. The zero-order valence-corrected chi connectivity index (χ0v) is 13.3. The van der Waals surface area contributed by atoms with Crippen molar-refractivity contribution in [1.82, 2.24) is 4.90 Å². The van der Waals surface area contributed by atoms with E-state index in [0.29, 0.717) is 6.04 Å². The highest BCUT2D eigenvalue weighted by molar-refractivity contribution is 5.42. The van der Waals surface area contributed by atoms with Crippen molar-refractivity contribution in [1.29, 1.82) is 0 Å². The van der Waals surface area contributed by atoms with Crippen LogP contribution in [0.4, 0.5) is 0 Å². The maximum Gasteiger partial charge on any atom is 0.127 e. The van der Waals surface area contributed by atoms with Crippen molar-refractivity contribution in [3.63, 3.8) is 0 Å². The van der Waals surface area contributed by atoms with Gasteiger partial charge < -0.3 is 19.9 Å². The van der Waals surface area contributed by atoms with E-state index in [-0.39, 0.29) is 12.1 Å². The van der Waals surface area contributed by atoms with Crippen molar-refractivity contribution in [2.75, 3.05) is 33.9 Å². The first-order valence-corrected chi connectivity index (χ1v) is 7.38. The van der Waals surface area contributed by atoms with E-state index in [1.165, 1.54) is 0 Å². The summed E-state index contributed by atoms with van der Waals surface area (Å²) in [5, 5.41) is 0. The molecule has 118 valence electrons. The molecule has 0 bridgehead atoms. The lowest BCUT2D eigenvalue weighted by molar-refractivity contribution is -0.0510. The van der Waals surface area contributed by atoms with Crippen LogP contribution < -0.4 is 15.2 Å². The first-order chi connectivity index (χ1) is 10.0. The van der Waals surface area contributed by atoms with Crippen molar-refractivity contribution in [2.45, 2.75) is 32.0 Å². The van der Waals surface area contributed by atoms with Crippen LogP contribution in [0.5, 0.6) is 11.5 Å². The van der Waals surface area contributed by atoms with E-state index in [9.17, 15) is 0 Å². The van der Waals surface area contributed by atoms with E-state index in [1.807, 2.05) is 18.2 Å². The van der Waals surface area contributed by atoms with Gasteiger partial charge in [-0.3, -0.25) is 4.90 Å². The van der Waals surface area contributed by atoms with E-state index in [0.717, 1.165) is 36.8 Å². The minimum Gasteiger partial charge on any atom is -0.497 e. The smallest absolute Gasteiger partial charge is 0.127 e. The van der Waals surface area contributed by atoms with Gasteiger partial charge in [0.05, 0.1) is 26.9 Å². The number of benzene rings is 1. The molecule has 1 aromatic carbocycles. The zero-order chi connectivity index (χ0) is 15.4. The molecule has 0 aromatic heterocycles. The molecule has 1 heterocycles. The summed E-state index contributed by atoms with van der Waals surface area (Å²) < 4.78 is 16.3. The van der Waals surface area contributed by atoms with Gasteiger partial charge >= 0.3 is 0 Å². The quantitative estimate of drug-likeness (QED) is 0.897. The van der Waals surface area contributed by atoms with Gasteiger partial charge in [-0.05, 0) is 19.9 Å². The van der Waals surface area contributed by atoms with Gasteiger partial charge in [0.25, 0.3) is 0 Å². The van der Waals surface area contributed by atoms with E-state index in [2.05, 4.69) is 18.7 Å². The van der Waals surface area contributed by atoms with E-state index < -0.39 is 0 Å². The Labute approximate surface area is 127 Å². The van der Waals surface area contributed by atoms with E-state index in [1.54, 1.807) is 14.2 Å². The molecule has 0 radical (unpaired) electrons. The Bertz CT molecular complexity index is 467. The standard InChI is InChI=1S/C16H26N2O3/c1-11-10-21-12(2)8-18(11)9-15(17)14-6-5-13(19-3)7-16(14)20-4/h5-7,11-12,15H,8-10,17H2,1-4H3. The summed E-state index contributed by atoms with van der Waals surface area (Å²) in [7, 11) is 3.30. The molecule has 2 rings (SSSR count). The van der Waals surface area contributed by atoms with Gasteiger partial charge in [0, 0.05) is 36.8 Å². The summed E-state index contributed by atoms with van der Waals surface area (Å²) in [6, 6.07) is 6.07. The highest BCUT2D eigenvalue weighted by Crippen LogP contribution is 2.29. The number of ether oxygens (including phenoxy) is 3. The first-order valence-electron chi connectivity index (χ1n) is 7.38. The predicted molar refractivity (Wildman–Crippen MR) is 82.9 cm³/mol. The number of nitrogens with zero attached hydrogens (tertiary/aromatic N) is 1. The van der Waals surface area contributed by atoms with Crippen LogP contribution in [0.1, 0.15) is 25.5 Å². The van der Waals surface area contributed by atoms with Crippen molar-refractivity contribution < 1.29 is 14.2 Å². The third-order valence-electron chi connectivity index (χ3n) is 4.01.